The van der Waals surface area contributed by atoms with Gasteiger partial charge in [-0.15, -0.1) is 0 Å². The van der Waals surface area contributed by atoms with Gasteiger partial charge in [0, 0.05) is 32.0 Å². The molecule has 1 aromatic heterocycles. The fraction of sp³-hybridized carbons (Fsp3) is 0.571. The molecule has 3 heterocycles. The highest BCUT2D eigenvalue weighted by atomic mass is 16.5. The number of hydrogen-bond acceptors (Lipinski definition) is 7. The van der Waals surface area contributed by atoms with E-state index in [0.29, 0.717) is 19.8 Å². The van der Waals surface area contributed by atoms with Crippen molar-refractivity contribution in [3.05, 3.63) is 42.2 Å². The van der Waals surface area contributed by atoms with Crippen molar-refractivity contribution in [2.24, 2.45) is 0 Å². The normalized spacial score (nSPS) is 24.4. The predicted molar refractivity (Wildman–Crippen MR) is 110 cm³/mol. The van der Waals surface area contributed by atoms with Crippen molar-refractivity contribution >= 4 is 11.8 Å². The Morgan fingerprint density at radius 3 is 2.67 bits per heavy atom. The molecule has 0 saturated carbocycles. The summed E-state index contributed by atoms with van der Waals surface area (Å²) in [6.45, 7) is 3.29. The topological polar surface area (TPSA) is 113 Å². The Morgan fingerprint density at radius 1 is 1.17 bits per heavy atom. The molecule has 1 fully saturated rings. The van der Waals surface area contributed by atoms with Crippen molar-refractivity contribution in [3.63, 3.8) is 0 Å². The Hall–Kier alpha value is -2.33. The summed E-state index contributed by atoms with van der Waals surface area (Å²) >= 11 is 0. The van der Waals surface area contributed by atoms with Gasteiger partial charge >= 0.3 is 0 Å². The first kappa shape index (κ1) is 22.4. The Labute approximate surface area is 176 Å². The smallest absolute Gasteiger partial charge is 0.234 e. The lowest BCUT2D eigenvalue weighted by Crippen LogP contribution is -2.52. The molecule has 3 atom stereocenters. The van der Waals surface area contributed by atoms with Gasteiger partial charge in [0.2, 0.25) is 11.8 Å². The van der Waals surface area contributed by atoms with Gasteiger partial charge < -0.3 is 25.2 Å². The fourth-order valence-electron chi connectivity index (χ4n) is 3.48. The van der Waals surface area contributed by atoms with Crippen LogP contribution >= 0.6 is 0 Å². The highest BCUT2D eigenvalue weighted by Crippen LogP contribution is 2.16. The van der Waals surface area contributed by atoms with E-state index in [1.165, 1.54) is 0 Å². The van der Waals surface area contributed by atoms with E-state index < -0.39 is 18.2 Å². The molecule has 2 amide bonds. The van der Waals surface area contributed by atoms with E-state index in [-0.39, 0.29) is 31.4 Å². The maximum atomic E-state index is 12.3. The first-order valence-corrected chi connectivity index (χ1v) is 10.3. The van der Waals surface area contributed by atoms with Gasteiger partial charge in [0.05, 0.1) is 44.9 Å². The zero-order valence-corrected chi connectivity index (χ0v) is 17.0. The molecule has 2 aliphatic heterocycles. The summed E-state index contributed by atoms with van der Waals surface area (Å²) in [5.41, 5.74) is 1.11. The summed E-state index contributed by atoms with van der Waals surface area (Å²) in [5.74, 6) is -0.244. The number of pyridine rings is 1. The average molecular weight is 418 g/mol. The van der Waals surface area contributed by atoms with Crippen molar-refractivity contribution < 1.29 is 24.2 Å². The second-order valence-corrected chi connectivity index (χ2v) is 7.42. The number of aliphatic hydroxyl groups excluding tert-OH is 1. The summed E-state index contributed by atoms with van der Waals surface area (Å²) in [5, 5.41) is 15.4. The van der Waals surface area contributed by atoms with Crippen LogP contribution in [0.25, 0.3) is 0 Å². The van der Waals surface area contributed by atoms with Gasteiger partial charge in [-0.25, -0.2) is 0 Å². The summed E-state index contributed by atoms with van der Waals surface area (Å²) in [6, 6.07) is 3.41. The lowest BCUT2D eigenvalue weighted by atomic mass is 10.0. The van der Waals surface area contributed by atoms with Crippen molar-refractivity contribution in [2.75, 3.05) is 46.0 Å². The second kappa shape index (κ2) is 11.8. The number of hydrogen-bond donors (Lipinski definition) is 3. The Balaban J connectivity index is 1.41. The average Bonchev–Trinajstić information content (AvgIpc) is 2.76. The van der Waals surface area contributed by atoms with Crippen molar-refractivity contribution in [1.29, 1.82) is 0 Å². The molecular formula is C21H30N4O5. The Morgan fingerprint density at radius 2 is 1.93 bits per heavy atom. The molecule has 164 valence electrons. The van der Waals surface area contributed by atoms with Crippen molar-refractivity contribution in [2.45, 2.75) is 31.1 Å². The summed E-state index contributed by atoms with van der Waals surface area (Å²) in [6.07, 6.45) is 6.90. The number of aliphatic hydroxyl groups is 1. The minimum absolute atomic E-state index is 0.120. The van der Waals surface area contributed by atoms with E-state index in [9.17, 15) is 14.7 Å². The van der Waals surface area contributed by atoms with E-state index in [2.05, 4.69) is 15.6 Å². The van der Waals surface area contributed by atoms with Crippen LogP contribution in [0.4, 0.5) is 0 Å². The van der Waals surface area contributed by atoms with Gasteiger partial charge in [0.25, 0.3) is 0 Å². The van der Waals surface area contributed by atoms with E-state index >= 15 is 0 Å². The largest absolute Gasteiger partial charge is 0.394 e. The standard InChI is InChI=1S/C21H30N4O5/c26-15-19-18(24-21(28)14-25-9-11-29-12-10-25)2-1-17(30-19)13-20(27)23-8-5-16-3-6-22-7-4-16/h1-4,6-7,17-19,26H,5,8-15H2,(H,23,27)(H,24,28)/t17-,18+,19-/m0/s1. The maximum absolute atomic E-state index is 12.3. The minimum atomic E-state index is -0.585. The zero-order chi connectivity index (χ0) is 21.2. The van der Waals surface area contributed by atoms with Crippen LogP contribution in [0.1, 0.15) is 12.0 Å². The molecule has 0 bridgehead atoms. The van der Waals surface area contributed by atoms with E-state index in [1.54, 1.807) is 24.5 Å². The maximum Gasteiger partial charge on any atom is 0.234 e. The van der Waals surface area contributed by atoms with Crippen LogP contribution in [0.3, 0.4) is 0 Å². The lowest BCUT2D eigenvalue weighted by Gasteiger charge is -2.32. The molecule has 1 saturated heterocycles. The highest BCUT2D eigenvalue weighted by Gasteiger charge is 2.29. The van der Waals surface area contributed by atoms with Crippen molar-refractivity contribution in [1.82, 2.24) is 20.5 Å². The number of morpholine rings is 1. The van der Waals surface area contributed by atoms with Crippen LogP contribution < -0.4 is 10.6 Å². The van der Waals surface area contributed by atoms with E-state index in [0.717, 1.165) is 25.1 Å². The van der Waals surface area contributed by atoms with Gasteiger partial charge in [-0.2, -0.15) is 0 Å². The third-order valence-electron chi connectivity index (χ3n) is 5.13. The number of ether oxygens (including phenoxy) is 2. The Kier molecular flexibility index (Phi) is 8.76. The molecule has 0 radical (unpaired) electrons. The van der Waals surface area contributed by atoms with Crippen LogP contribution in [0, 0.1) is 0 Å². The third kappa shape index (κ3) is 7.17. The number of nitrogens with one attached hydrogen (secondary N) is 2. The van der Waals surface area contributed by atoms with Gasteiger partial charge in [-0.05, 0) is 24.1 Å². The number of rotatable bonds is 9. The van der Waals surface area contributed by atoms with Crippen LogP contribution in [0.15, 0.2) is 36.7 Å². The molecule has 1 aromatic rings. The molecule has 3 rings (SSSR count). The molecule has 3 N–H and O–H groups in total. The quantitative estimate of drug-likeness (QED) is 0.453. The van der Waals surface area contributed by atoms with E-state index in [4.69, 9.17) is 9.47 Å². The van der Waals surface area contributed by atoms with Gasteiger partial charge in [-0.1, -0.05) is 12.2 Å². The van der Waals surface area contributed by atoms with Crippen molar-refractivity contribution in [3.8, 4) is 0 Å². The second-order valence-electron chi connectivity index (χ2n) is 7.42. The van der Waals surface area contributed by atoms with E-state index in [1.807, 2.05) is 17.0 Å². The van der Waals surface area contributed by atoms with Gasteiger partial charge in [-0.3, -0.25) is 19.5 Å². The van der Waals surface area contributed by atoms with Crippen LogP contribution in [0.2, 0.25) is 0 Å². The lowest BCUT2D eigenvalue weighted by molar-refractivity contribution is -0.129. The molecule has 9 heteroatoms. The minimum Gasteiger partial charge on any atom is -0.394 e. The number of nitrogens with zero attached hydrogens (tertiary/aromatic N) is 2. The number of aromatic nitrogens is 1. The molecule has 0 aromatic carbocycles. The van der Waals surface area contributed by atoms with Crippen LogP contribution in [-0.2, 0) is 25.5 Å². The van der Waals surface area contributed by atoms with Crippen LogP contribution in [0.5, 0.6) is 0 Å². The number of carbonyl (C=O) groups is 2. The predicted octanol–water partition coefficient (Wildman–Crippen LogP) is -0.737. The molecule has 0 aliphatic carbocycles. The molecule has 0 spiro atoms. The molecule has 9 nitrogen and oxygen atoms in total. The fourth-order valence-corrected chi connectivity index (χ4v) is 3.48. The number of carbonyl (C=O) groups excluding carboxylic acids is 2. The summed E-state index contributed by atoms with van der Waals surface area (Å²) < 4.78 is 11.1. The number of amides is 2. The van der Waals surface area contributed by atoms with Crippen LogP contribution in [-0.4, -0.2) is 91.1 Å². The SMILES string of the molecule is O=C(C[C@@H]1C=C[C@@H](NC(=O)CN2CCOCC2)[C@H](CO)O1)NCCc1ccncc1. The van der Waals surface area contributed by atoms with Gasteiger partial charge in [0.15, 0.2) is 0 Å². The monoisotopic (exact) mass is 418 g/mol. The zero-order valence-electron chi connectivity index (χ0n) is 17.0. The molecule has 30 heavy (non-hydrogen) atoms. The highest BCUT2D eigenvalue weighted by molar-refractivity contribution is 5.79. The molecule has 0 unspecified atom stereocenters. The first-order valence-electron chi connectivity index (χ1n) is 10.3. The summed E-state index contributed by atoms with van der Waals surface area (Å²) in [4.78, 5) is 30.5. The Bertz CT molecular complexity index is 709. The van der Waals surface area contributed by atoms with Gasteiger partial charge in [0.1, 0.15) is 6.10 Å². The molecule has 2 aliphatic rings. The first-order chi connectivity index (χ1) is 14.6. The molecular weight excluding hydrogens is 388 g/mol. The summed E-state index contributed by atoms with van der Waals surface area (Å²) in [7, 11) is 0. The third-order valence-corrected chi connectivity index (χ3v) is 5.13.